The summed E-state index contributed by atoms with van der Waals surface area (Å²) in [4.78, 5) is 19.4. The predicted molar refractivity (Wildman–Crippen MR) is 104 cm³/mol. The van der Waals surface area contributed by atoms with Crippen molar-refractivity contribution in [1.29, 1.82) is 0 Å². The van der Waals surface area contributed by atoms with E-state index in [9.17, 15) is 4.79 Å². The van der Waals surface area contributed by atoms with Crippen molar-refractivity contribution in [3.8, 4) is 5.75 Å². The van der Waals surface area contributed by atoms with E-state index in [4.69, 9.17) is 9.26 Å². The minimum atomic E-state index is -0.125. The fourth-order valence-corrected chi connectivity index (χ4v) is 3.68. The van der Waals surface area contributed by atoms with Gasteiger partial charge >= 0.3 is 0 Å². The van der Waals surface area contributed by atoms with Gasteiger partial charge in [0, 0.05) is 25.2 Å². The number of likely N-dealkylation sites (tertiary alicyclic amines) is 1. The second-order valence-electron chi connectivity index (χ2n) is 6.98. The van der Waals surface area contributed by atoms with Crippen LogP contribution in [0.5, 0.6) is 5.75 Å². The summed E-state index contributed by atoms with van der Waals surface area (Å²) in [5.41, 5.74) is 2.70. The number of ether oxygens (including phenoxy) is 1. The Labute approximate surface area is 164 Å². The molecule has 0 radical (unpaired) electrons. The van der Waals surface area contributed by atoms with E-state index in [-0.39, 0.29) is 17.7 Å². The second-order valence-corrected chi connectivity index (χ2v) is 6.98. The van der Waals surface area contributed by atoms with Crippen LogP contribution in [0.15, 0.2) is 59.3 Å². The lowest BCUT2D eigenvalue weighted by Crippen LogP contribution is -2.38. The number of aromatic nitrogens is 2. The molecule has 4 rings (SSSR count). The minimum absolute atomic E-state index is 0.0191. The van der Waals surface area contributed by atoms with Gasteiger partial charge in [0.15, 0.2) is 0 Å². The van der Waals surface area contributed by atoms with E-state index in [0.29, 0.717) is 13.0 Å². The first kappa shape index (κ1) is 18.2. The molecule has 2 aromatic heterocycles. The number of nitrogens with zero attached hydrogens (tertiary/aromatic N) is 3. The number of rotatable bonds is 5. The molecule has 144 valence electrons. The zero-order valence-corrected chi connectivity index (χ0v) is 15.9. The van der Waals surface area contributed by atoms with Gasteiger partial charge in [-0.3, -0.25) is 9.78 Å². The van der Waals surface area contributed by atoms with Crippen LogP contribution in [0, 0.1) is 0 Å². The van der Waals surface area contributed by atoms with Gasteiger partial charge in [-0.15, -0.1) is 0 Å². The van der Waals surface area contributed by atoms with Crippen molar-refractivity contribution in [2.45, 2.75) is 31.7 Å². The van der Waals surface area contributed by atoms with Gasteiger partial charge in [-0.2, -0.15) is 0 Å². The van der Waals surface area contributed by atoms with Crippen molar-refractivity contribution in [1.82, 2.24) is 15.0 Å². The first-order chi connectivity index (χ1) is 13.7. The summed E-state index contributed by atoms with van der Waals surface area (Å²) in [5.74, 6) is 0.948. The number of carbonyl (C=O) groups is 1. The number of hydrogen-bond donors (Lipinski definition) is 0. The average molecular weight is 377 g/mol. The summed E-state index contributed by atoms with van der Waals surface area (Å²) >= 11 is 0. The molecule has 0 bridgehead atoms. The van der Waals surface area contributed by atoms with Crippen LogP contribution in [-0.2, 0) is 6.42 Å². The normalized spacial score (nSPS) is 16.8. The average Bonchev–Trinajstić information content (AvgIpc) is 3.22. The highest BCUT2D eigenvalue weighted by Gasteiger charge is 2.31. The molecule has 28 heavy (non-hydrogen) atoms. The molecule has 1 atom stereocenters. The van der Waals surface area contributed by atoms with Crippen LogP contribution in [0.2, 0.25) is 0 Å². The molecule has 0 aliphatic carbocycles. The van der Waals surface area contributed by atoms with E-state index in [0.717, 1.165) is 42.0 Å². The van der Waals surface area contributed by atoms with Crippen LogP contribution >= 0.6 is 0 Å². The lowest BCUT2D eigenvalue weighted by Gasteiger charge is -2.34. The van der Waals surface area contributed by atoms with Gasteiger partial charge in [0.1, 0.15) is 5.75 Å². The molecule has 3 heterocycles. The summed E-state index contributed by atoms with van der Waals surface area (Å²) in [7, 11) is 1.64. The first-order valence-corrected chi connectivity index (χ1v) is 9.55. The zero-order chi connectivity index (χ0) is 19.3. The van der Waals surface area contributed by atoms with Crippen LogP contribution in [0.1, 0.15) is 52.8 Å². The van der Waals surface area contributed by atoms with Crippen LogP contribution in [-0.4, -0.2) is 34.6 Å². The molecule has 1 saturated heterocycles. The van der Waals surface area contributed by atoms with Gasteiger partial charge in [-0.05, 0) is 49.1 Å². The Kier molecular flexibility index (Phi) is 5.37. The van der Waals surface area contributed by atoms with Gasteiger partial charge in [0.2, 0.25) is 5.76 Å². The Morgan fingerprint density at radius 1 is 1.21 bits per heavy atom. The SMILES string of the molecule is COc1cccc(Cc2cc(C(=O)N3CCCC[C@H]3c3ccccn3)on2)c1. The van der Waals surface area contributed by atoms with E-state index in [2.05, 4.69) is 10.1 Å². The molecule has 6 heteroatoms. The lowest BCUT2D eigenvalue weighted by atomic mass is 9.98. The number of methoxy groups -OCH3 is 1. The van der Waals surface area contributed by atoms with Crippen molar-refractivity contribution in [3.63, 3.8) is 0 Å². The third-order valence-corrected chi connectivity index (χ3v) is 5.08. The standard InChI is InChI=1S/C22H23N3O3/c1-27-18-8-6-7-16(14-18)13-17-15-21(28-24-17)22(26)25-12-5-3-10-20(25)19-9-2-4-11-23-19/h2,4,6-9,11,14-15,20H,3,5,10,12-13H2,1H3/t20-/m0/s1. The van der Waals surface area contributed by atoms with Gasteiger partial charge in [-0.1, -0.05) is 23.4 Å². The van der Waals surface area contributed by atoms with Gasteiger partial charge < -0.3 is 14.2 Å². The molecular weight excluding hydrogens is 354 g/mol. The van der Waals surface area contributed by atoms with Crippen LogP contribution in [0.3, 0.4) is 0 Å². The summed E-state index contributed by atoms with van der Waals surface area (Å²) in [6.45, 7) is 0.700. The van der Waals surface area contributed by atoms with Crippen molar-refractivity contribution in [2.24, 2.45) is 0 Å². The molecule has 0 N–H and O–H groups in total. The molecule has 1 aromatic carbocycles. The van der Waals surface area contributed by atoms with Crippen LogP contribution < -0.4 is 4.74 Å². The van der Waals surface area contributed by atoms with Crippen molar-refractivity contribution in [2.75, 3.05) is 13.7 Å². The van der Waals surface area contributed by atoms with E-state index in [1.807, 2.05) is 47.4 Å². The highest BCUT2D eigenvalue weighted by molar-refractivity contribution is 5.91. The maximum absolute atomic E-state index is 13.1. The molecule has 1 fully saturated rings. The number of benzene rings is 1. The van der Waals surface area contributed by atoms with E-state index < -0.39 is 0 Å². The maximum Gasteiger partial charge on any atom is 0.293 e. The fourth-order valence-electron chi connectivity index (χ4n) is 3.68. The van der Waals surface area contributed by atoms with Crippen molar-refractivity contribution in [3.05, 3.63) is 77.4 Å². The Balaban J connectivity index is 1.51. The van der Waals surface area contributed by atoms with E-state index in [1.165, 1.54) is 0 Å². The number of pyridine rings is 1. The first-order valence-electron chi connectivity index (χ1n) is 9.55. The Morgan fingerprint density at radius 2 is 2.14 bits per heavy atom. The topological polar surface area (TPSA) is 68.5 Å². The monoisotopic (exact) mass is 377 g/mol. The van der Waals surface area contributed by atoms with Crippen molar-refractivity contribution >= 4 is 5.91 Å². The molecule has 0 saturated carbocycles. The summed E-state index contributed by atoms with van der Waals surface area (Å²) < 4.78 is 10.7. The molecular formula is C22H23N3O3. The van der Waals surface area contributed by atoms with E-state index >= 15 is 0 Å². The molecule has 1 aliphatic rings. The van der Waals surface area contributed by atoms with E-state index in [1.54, 1.807) is 19.4 Å². The number of carbonyl (C=O) groups excluding carboxylic acids is 1. The maximum atomic E-state index is 13.1. The Hall–Kier alpha value is -3.15. The third-order valence-electron chi connectivity index (χ3n) is 5.08. The third kappa shape index (κ3) is 3.91. The molecule has 3 aromatic rings. The van der Waals surface area contributed by atoms with Crippen LogP contribution in [0.25, 0.3) is 0 Å². The lowest BCUT2D eigenvalue weighted by molar-refractivity contribution is 0.0564. The zero-order valence-electron chi connectivity index (χ0n) is 15.9. The van der Waals surface area contributed by atoms with Crippen LogP contribution in [0.4, 0.5) is 0 Å². The number of hydrogen-bond acceptors (Lipinski definition) is 5. The molecule has 1 amide bonds. The highest BCUT2D eigenvalue weighted by atomic mass is 16.5. The molecule has 0 spiro atoms. The van der Waals surface area contributed by atoms with Gasteiger partial charge in [0.05, 0.1) is 24.5 Å². The fraction of sp³-hybridized carbons (Fsp3) is 0.318. The molecule has 6 nitrogen and oxygen atoms in total. The smallest absolute Gasteiger partial charge is 0.293 e. The van der Waals surface area contributed by atoms with Gasteiger partial charge in [0.25, 0.3) is 5.91 Å². The summed E-state index contributed by atoms with van der Waals surface area (Å²) in [5, 5.41) is 4.10. The largest absolute Gasteiger partial charge is 0.497 e. The molecule has 1 aliphatic heterocycles. The minimum Gasteiger partial charge on any atom is -0.497 e. The number of amides is 1. The summed E-state index contributed by atoms with van der Waals surface area (Å²) in [6.07, 6.45) is 5.33. The quantitative estimate of drug-likeness (QED) is 0.671. The number of piperidine rings is 1. The van der Waals surface area contributed by atoms with Gasteiger partial charge in [-0.25, -0.2) is 0 Å². The predicted octanol–water partition coefficient (Wildman–Crippen LogP) is 4.04. The Morgan fingerprint density at radius 3 is 2.96 bits per heavy atom. The molecule has 0 unspecified atom stereocenters. The Bertz CT molecular complexity index is 939. The summed E-state index contributed by atoms with van der Waals surface area (Å²) in [6, 6.07) is 15.3. The van der Waals surface area contributed by atoms with Crippen molar-refractivity contribution < 1.29 is 14.1 Å². The highest BCUT2D eigenvalue weighted by Crippen LogP contribution is 2.31. The second kappa shape index (κ2) is 8.25.